The summed E-state index contributed by atoms with van der Waals surface area (Å²) in [6, 6.07) is 3.67. The zero-order valence-electron chi connectivity index (χ0n) is 15.2. The fraction of sp³-hybridized carbons (Fsp3) is 0.421. The van der Waals surface area contributed by atoms with Crippen LogP contribution in [-0.2, 0) is 11.2 Å². The third-order valence-corrected chi connectivity index (χ3v) is 4.83. The molecule has 0 N–H and O–H groups in total. The van der Waals surface area contributed by atoms with Gasteiger partial charge < -0.3 is 13.8 Å². The van der Waals surface area contributed by atoms with Crippen LogP contribution >= 0.6 is 0 Å². The molecular weight excluding hydrogens is 346 g/mol. The van der Waals surface area contributed by atoms with Crippen LogP contribution in [0, 0.1) is 6.92 Å². The summed E-state index contributed by atoms with van der Waals surface area (Å²) in [5, 5.41) is 3.91. The summed E-state index contributed by atoms with van der Waals surface area (Å²) in [4.78, 5) is 27.6. The first-order valence-electron chi connectivity index (χ1n) is 9.11. The molecule has 8 heteroatoms. The van der Waals surface area contributed by atoms with Gasteiger partial charge in [0.2, 0.25) is 17.6 Å². The van der Waals surface area contributed by atoms with Gasteiger partial charge in [-0.3, -0.25) is 4.79 Å². The average Bonchev–Trinajstić information content (AvgIpc) is 3.38. The fourth-order valence-electron chi connectivity index (χ4n) is 3.29. The van der Waals surface area contributed by atoms with Crippen molar-refractivity contribution in [2.75, 3.05) is 13.1 Å². The van der Waals surface area contributed by atoms with E-state index in [1.165, 1.54) is 0 Å². The Balaban J connectivity index is 1.27. The molecule has 0 radical (unpaired) electrons. The zero-order valence-corrected chi connectivity index (χ0v) is 15.2. The highest BCUT2D eigenvalue weighted by Gasteiger charge is 2.25. The highest BCUT2D eigenvalue weighted by molar-refractivity contribution is 5.76. The van der Waals surface area contributed by atoms with Crippen molar-refractivity contribution in [3.05, 3.63) is 48.3 Å². The second-order valence-corrected chi connectivity index (χ2v) is 6.74. The van der Waals surface area contributed by atoms with Crippen molar-refractivity contribution in [2.24, 2.45) is 0 Å². The Morgan fingerprint density at radius 3 is 2.85 bits per heavy atom. The van der Waals surface area contributed by atoms with Gasteiger partial charge in [-0.1, -0.05) is 5.16 Å². The highest BCUT2D eigenvalue weighted by Crippen LogP contribution is 2.26. The predicted molar refractivity (Wildman–Crippen MR) is 95.6 cm³/mol. The minimum atomic E-state index is 0.113. The van der Waals surface area contributed by atoms with E-state index in [1.54, 1.807) is 24.8 Å². The molecule has 27 heavy (non-hydrogen) atoms. The summed E-state index contributed by atoms with van der Waals surface area (Å²) < 4.78 is 10.2. The van der Waals surface area contributed by atoms with Crippen LogP contribution in [0.4, 0.5) is 0 Å². The van der Waals surface area contributed by atoms with Crippen molar-refractivity contribution >= 4 is 5.91 Å². The SMILES string of the molecule is Cc1ccnc(C2CCN(C(=O)CCc3nc(-c4ccoc4)no3)CC2)n1. The Morgan fingerprint density at radius 1 is 1.26 bits per heavy atom. The van der Waals surface area contributed by atoms with Crippen molar-refractivity contribution in [3.63, 3.8) is 0 Å². The van der Waals surface area contributed by atoms with Crippen LogP contribution in [0.25, 0.3) is 11.4 Å². The predicted octanol–water partition coefficient (Wildman–Crippen LogP) is 2.77. The maximum atomic E-state index is 12.5. The molecule has 4 heterocycles. The number of hydrogen-bond donors (Lipinski definition) is 0. The molecule has 0 atom stereocenters. The summed E-state index contributed by atoms with van der Waals surface area (Å²) in [7, 11) is 0. The monoisotopic (exact) mass is 367 g/mol. The number of aryl methyl sites for hydroxylation is 2. The van der Waals surface area contributed by atoms with Gasteiger partial charge in [-0.25, -0.2) is 9.97 Å². The summed E-state index contributed by atoms with van der Waals surface area (Å²) in [6.07, 6.45) is 7.49. The molecule has 140 valence electrons. The molecule has 0 spiro atoms. The molecule has 1 fully saturated rings. The minimum absolute atomic E-state index is 0.113. The number of nitrogens with zero attached hydrogens (tertiary/aromatic N) is 5. The van der Waals surface area contributed by atoms with Gasteiger partial charge in [0.05, 0.1) is 11.8 Å². The molecule has 3 aromatic heterocycles. The maximum Gasteiger partial charge on any atom is 0.227 e. The molecule has 1 aliphatic heterocycles. The van der Waals surface area contributed by atoms with Crippen molar-refractivity contribution < 1.29 is 13.7 Å². The standard InChI is InChI=1S/C19H21N5O3/c1-13-4-8-20-18(21-13)14-5-9-24(10-6-14)17(25)3-2-16-22-19(23-27-16)15-7-11-26-12-15/h4,7-8,11-12,14H,2-3,5-6,9-10H2,1H3. The second kappa shape index (κ2) is 7.69. The van der Waals surface area contributed by atoms with Gasteiger partial charge in [-0.2, -0.15) is 4.98 Å². The van der Waals surface area contributed by atoms with Crippen LogP contribution in [0.15, 0.2) is 39.8 Å². The van der Waals surface area contributed by atoms with Gasteiger partial charge in [-0.05, 0) is 31.9 Å². The molecule has 1 aliphatic rings. The molecule has 0 saturated carbocycles. The molecule has 0 bridgehead atoms. The Morgan fingerprint density at radius 2 is 2.11 bits per heavy atom. The lowest BCUT2D eigenvalue weighted by molar-refractivity contribution is -0.132. The van der Waals surface area contributed by atoms with E-state index >= 15 is 0 Å². The van der Waals surface area contributed by atoms with E-state index in [-0.39, 0.29) is 5.91 Å². The van der Waals surface area contributed by atoms with Gasteiger partial charge in [0.25, 0.3) is 0 Å². The summed E-state index contributed by atoms with van der Waals surface area (Å²) >= 11 is 0. The lowest BCUT2D eigenvalue weighted by Crippen LogP contribution is -2.38. The number of carbonyl (C=O) groups excluding carboxylic acids is 1. The zero-order chi connectivity index (χ0) is 18.6. The van der Waals surface area contributed by atoms with E-state index < -0.39 is 0 Å². The first kappa shape index (κ1) is 17.4. The van der Waals surface area contributed by atoms with E-state index in [0.717, 1.165) is 43.0 Å². The first-order valence-corrected chi connectivity index (χ1v) is 9.11. The van der Waals surface area contributed by atoms with Gasteiger partial charge in [0.15, 0.2) is 0 Å². The van der Waals surface area contributed by atoms with Crippen molar-refractivity contribution in [3.8, 4) is 11.4 Å². The van der Waals surface area contributed by atoms with Crippen molar-refractivity contribution in [2.45, 2.75) is 38.5 Å². The first-order chi connectivity index (χ1) is 13.2. The molecule has 4 rings (SSSR count). The number of aromatic nitrogens is 4. The topological polar surface area (TPSA) is 98.2 Å². The lowest BCUT2D eigenvalue weighted by Gasteiger charge is -2.31. The number of rotatable bonds is 5. The van der Waals surface area contributed by atoms with Crippen molar-refractivity contribution in [1.82, 2.24) is 25.0 Å². The van der Waals surface area contributed by atoms with Crippen LogP contribution in [0.2, 0.25) is 0 Å². The number of carbonyl (C=O) groups is 1. The van der Waals surface area contributed by atoms with Gasteiger partial charge >= 0.3 is 0 Å². The van der Waals surface area contributed by atoms with Gasteiger partial charge in [-0.15, -0.1) is 0 Å². The van der Waals surface area contributed by atoms with Gasteiger partial charge in [0, 0.05) is 43.7 Å². The van der Waals surface area contributed by atoms with E-state index in [4.69, 9.17) is 8.94 Å². The van der Waals surface area contributed by atoms with E-state index in [1.807, 2.05) is 17.9 Å². The molecule has 0 aliphatic carbocycles. The van der Waals surface area contributed by atoms with Crippen LogP contribution < -0.4 is 0 Å². The third kappa shape index (κ3) is 4.05. The van der Waals surface area contributed by atoms with Gasteiger partial charge in [0.1, 0.15) is 12.1 Å². The Kier molecular flexibility index (Phi) is 4.95. The Hall–Kier alpha value is -3.03. The number of hydrogen-bond acceptors (Lipinski definition) is 7. The summed E-state index contributed by atoms with van der Waals surface area (Å²) in [5.41, 5.74) is 1.74. The third-order valence-electron chi connectivity index (χ3n) is 4.83. The van der Waals surface area contributed by atoms with E-state index in [9.17, 15) is 4.79 Å². The molecule has 1 amide bonds. The Labute approximate surface area is 156 Å². The molecule has 0 unspecified atom stereocenters. The number of likely N-dealkylation sites (tertiary alicyclic amines) is 1. The highest BCUT2D eigenvalue weighted by atomic mass is 16.5. The largest absolute Gasteiger partial charge is 0.472 e. The fourth-order valence-corrected chi connectivity index (χ4v) is 3.29. The molecular formula is C19H21N5O3. The maximum absolute atomic E-state index is 12.5. The molecule has 0 aromatic carbocycles. The quantitative estimate of drug-likeness (QED) is 0.684. The lowest BCUT2D eigenvalue weighted by atomic mass is 9.95. The van der Waals surface area contributed by atoms with Crippen molar-refractivity contribution in [1.29, 1.82) is 0 Å². The normalized spacial score (nSPS) is 15.2. The van der Waals surface area contributed by atoms with Crippen LogP contribution in [0.3, 0.4) is 0 Å². The summed E-state index contributed by atoms with van der Waals surface area (Å²) in [6.45, 7) is 3.43. The number of piperidine rings is 1. The van der Waals surface area contributed by atoms with E-state index in [0.29, 0.717) is 30.5 Å². The van der Waals surface area contributed by atoms with Crippen LogP contribution in [0.5, 0.6) is 0 Å². The smallest absolute Gasteiger partial charge is 0.227 e. The number of amides is 1. The minimum Gasteiger partial charge on any atom is -0.472 e. The number of furan rings is 1. The molecule has 8 nitrogen and oxygen atoms in total. The van der Waals surface area contributed by atoms with E-state index in [2.05, 4.69) is 20.1 Å². The van der Waals surface area contributed by atoms with Crippen LogP contribution in [-0.4, -0.2) is 44.0 Å². The summed E-state index contributed by atoms with van der Waals surface area (Å²) in [5.74, 6) is 2.26. The second-order valence-electron chi connectivity index (χ2n) is 6.74. The average molecular weight is 367 g/mol. The molecule has 3 aromatic rings. The Bertz CT molecular complexity index is 898. The van der Waals surface area contributed by atoms with Crippen LogP contribution in [0.1, 0.15) is 42.6 Å². The molecule has 1 saturated heterocycles.